The fourth-order valence-electron chi connectivity index (χ4n) is 1.86. The van der Waals surface area contributed by atoms with Gasteiger partial charge in [-0.15, -0.1) is 0 Å². The van der Waals surface area contributed by atoms with Gasteiger partial charge >= 0.3 is 0 Å². The molecule has 0 radical (unpaired) electrons. The number of halogens is 1. The average molecular weight is 286 g/mol. The predicted octanol–water partition coefficient (Wildman–Crippen LogP) is 2.29. The normalized spacial score (nSPS) is 13.9. The summed E-state index contributed by atoms with van der Waals surface area (Å²) in [5.74, 6) is 1.70. The van der Waals surface area contributed by atoms with Crippen molar-refractivity contribution in [2.24, 2.45) is 0 Å². The van der Waals surface area contributed by atoms with Gasteiger partial charge in [-0.05, 0) is 60.1 Å². The molecule has 3 nitrogen and oxygen atoms in total. The number of fused-ring (bicyclic) bond motifs is 1. The molecule has 0 atom stereocenters. The highest BCUT2D eigenvalue weighted by atomic mass is 79.9. The molecule has 0 bridgehead atoms. The average Bonchev–Trinajstić information content (AvgIpc) is 2.29. The molecular weight excluding hydrogens is 270 g/mol. The molecule has 0 unspecified atom stereocenters. The van der Waals surface area contributed by atoms with Crippen LogP contribution in [0.1, 0.15) is 11.1 Å². The number of likely N-dealkylation sites (N-methyl/N-ethyl adjacent to an activating group) is 1. The van der Waals surface area contributed by atoms with E-state index in [-0.39, 0.29) is 0 Å². The molecular formula is C12H16BrNO2. The van der Waals surface area contributed by atoms with Crippen LogP contribution in [-0.2, 0) is 6.42 Å². The lowest BCUT2D eigenvalue weighted by Crippen LogP contribution is -2.17. The van der Waals surface area contributed by atoms with Gasteiger partial charge in [0.25, 0.3) is 0 Å². The van der Waals surface area contributed by atoms with E-state index < -0.39 is 0 Å². The van der Waals surface area contributed by atoms with Crippen LogP contribution in [0.2, 0.25) is 0 Å². The highest BCUT2D eigenvalue weighted by Crippen LogP contribution is 2.41. The van der Waals surface area contributed by atoms with Gasteiger partial charge in [0.2, 0.25) is 0 Å². The molecule has 2 rings (SSSR count). The molecule has 16 heavy (non-hydrogen) atoms. The zero-order chi connectivity index (χ0) is 11.5. The van der Waals surface area contributed by atoms with E-state index in [4.69, 9.17) is 9.47 Å². The van der Waals surface area contributed by atoms with Gasteiger partial charge in [0.15, 0.2) is 11.5 Å². The van der Waals surface area contributed by atoms with Crippen molar-refractivity contribution < 1.29 is 9.47 Å². The zero-order valence-corrected chi connectivity index (χ0v) is 11.2. The van der Waals surface area contributed by atoms with E-state index in [0.29, 0.717) is 13.2 Å². The number of benzene rings is 1. The van der Waals surface area contributed by atoms with Gasteiger partial charge in [0.1, 0.15) is 13.2 Å². The van der Waals surface area contributed by atoms with Crippen molar-refractivity contribution in [2.75, 3.05) is 26.8 Å². The highest BCUT2D eigenvalue weighted by Gasteiger charge is 2.19. The summed E-state index contributed by atoms with van der Waals surface area (Å²) in [5, 5.41) is 3.16. The molecule has 0 saturated carbocycles. The summed E-state index contributed by atoms with van der Waals surface area (Å²) in [6, 6.07) is 2.06. The first kappa shape index (κ1) is 11.7. The molecule has 1 aliphatic rings. The van der Waals surface area contributed by atoms with Crippen molar-refractivity contribution in [3.8, 4) is 11.5 Å². The molecule has 1 N–H and O–H groups in total. The first-order chi connectivity index (χ1) is 7.74. The van der Waals surface area contributed by atoms with Crippen molar-refractivity contribution >= 4 is 15.9 Å². The van der Waals surface area contributed by atoms with Crippen molar-refractivity contribution in [3.63, 3.8) is 0 Å². The number of aryl methyl sites for hydroxylation is 1. The smallest absolute Gasteiger partial charge is 0.175 e. The van der Waals surface area contributed by atoms with Gasteiger partial charge in [-0.25, -0.2) is 0 Å². The molecule has 0 amide bonds. The minimum absolute atomic E-state index is 0.625. The summed E-state index contributed by atoms with van der Waals surface area (Å²) >= 11 is 3.62. The first-order valence-corrected chi connectivity index (χ1v) is 6.25. The third-order valence-corrected chi connectivity index (χ3v) is 3.56. The Labute approximate surface area is 104 Å². The van der Waals surface area contributed by atoms with Crippen LogP contribution in [0.5, 0.6) is 11.5 Å². The topological polar surface area (TPSA) is 30.5 Å². The second-order valence-electron chi connectivity index (χ2n) is 3.86. The largest absolute Gasteiger partial charge is 0.486 e. The third-order valence-electron chi connectivity index (χ3n) is 2.72. The van der Waals surface area contributed by atoms with Gasteiger partial charge in [0.05, 0.1) is 4.47 Å². The van der Waals surface area contributed by atoms with Gasteiger partial charge < -0.3 is 14.8 Å². The Morgan fingerprint density at radius 1 is 1.38 bits per heavy atom. The quantitative estimate of drug-likeness (QED) is 0.924. The van der Waals surface area contributed by atoms with E-state index in [1.165, 1.54) is 11.1 Å². The highest BCUT2D eigenvalue weighted by molar-refractivity contribution is 9.10. The number of hydrogen-bond donors (Lipinski definition) is 1. The van der Waals surface area contributed by atoms with Crippen LogP contribution in [0.15, 0.2) is 10.5 Å². The van der Waals surface area contributed by atoms with Crippen molar-refractivity contribution in [3.05, 3.63) is 21.7 Å². The third kappa shape index (κ3) is 2.18. The van der Waals surface area contributed by atoms with Crippen LogP contribution in [-0.4, -0.2) is 26.8 Å². The number of hydrogen-bond acceptors (Lipinski definition) is 3. The van der Waals surface area contributed by atoms with Gasteiger partial charge in [-0.1, -0.05) is 0 Å². The van der Waals surface area contributed by atoms with Crippen LogP contribution < -0.4 is 14.8 Å². The maximum Gasteiger partial charge on any atom is 0.175 e. The van der Waals surface area contributed by atoms with Gasteiger partial charge in [0, 0.05) is 0 Å². The van der Waals surface area contributed by atoms with Crippen LogP contribution in [0.25, 0.3) is 0 Å². The molecule has 1 aromatic carbocycles. The molecule has 1 heterocycles. The second-order valence-corrected chi connectivity index (χ2v) is 4.66. The van der Waals surface area contributed by atoms with E-state index in [1.54, 1.807) is 0 Å². The lowest BCUT2D eigenvalue weighted by molar-refractivity contribution is 0.170. The fourth-order valence-corrected chi connectivity index (χ4v) is 2.68. The van der Waals surface area contributed by atoms with E-state index in [2.05, 4.69) is 34.2 Å². The Bertz CT molecular complexity index is 393. The SMILES string of the molecule is CNCCc1c(C)cc2c(c1Br)OCCO2. The Morgan fingerprint density at radius 2 is 2.12 bits per heavy atom. The number of rotatable bonds is 3. The summed E-state index contributed by atoms with van der Waals surface area (Å²) in [5.41, 5.74) is 2.53. The Morgan fingerprint density at radius 3 is 2.88 bits per heavy atom. The molecule has 4 heteroatoms. The summed E-state index contributed by atoms with van der Waals surface area (Å²) in [7, 11) is 1.96. The minimum Gasteiger partial charge on any atom is -0.486 e. The van der Waals surface area contributed by atoms with Gasteiger partial charge in [-0.2, -0.15) is 0 Å². The molecule has 0 fully saturated rings. The van der Waals surface area contributed by atoms with E-state index >= 15 is 0 Å². The molecule has 1 aliphatic heterocycles. The van der Waals surface area contributed by atoms with Gasteiger partial charge in [-0.3, -0.25) is 0 Å². The Balaban J connectivity index is 2.37. The van der Waals surface area contributed by atoms with Crippen LogP contribution in [0.3, 0.4) is 0 Å². The number of nitrogens with one attached hydrogen (secondary N) is 1. The van der Waals surface area contributed by atoms with E-state index in [9.17, 15) is 0 Å². The number of ether oxygens (including phenoxy) is 2. The van der Waals surface area contributed by atoms with Crippen LogP contribution >= 0.6 is 15.9 Å². The zero-order valence-electron chi connectivity index (χ0n) is 9.60. The molecule has 0 aromatic heterocycles. The molecule has 0 saturated heterocycles. The van der Waals surface area contributed by atoms with Crippen LogP contribution in [0, 0.1) is 6.92 Å². The molecule has 0 spiro atoms. The summed E-state index contributed by atoms with van der Waals surface area (Å²) < 4.78 is 12.3. The summed E-state index contributed by atoms with van der Waals surface area (Å²) in [6.45, 7) is 4.32. The maximum absolute atomic E-state index is 5.64. The van der Waals surface area contributed by atoms with Crippen molar-refractivity contribution in [1.29, 1.82) is 0 Å². The molecule has 0 aliphatic carbocycles. The minimum atomic E-state index is 0.625. The fraction of sp³-hybridized carbons (Fsp3) is 0.500. The molecule has 1 aromatic rings. The van der Waals surface area contributed by atoms with E-state index in [0.717, 1.165) is 28.9 Å². The molecule has 88 valence electrons. The van der Waals surface area contributed by atoms with Crippen molar-refractivity contribution in [1.82, 2.24) is 5.32 Å². The lowest BCUT2D eigenvalue weighted by Gasteiger charge is -2.22. The summed E-state index contributed by atoms with van der Waals surface area (Å²) in [4.78, 5) is 0. The van der Waals surface area contributed by atoms with Crippen molar-refractivity contribution in [2.45, 2.75) is 13.3 Å². The maximum atomic E-state index is 5.64. The summed E-state index contributed by atoms with van der Waals surface area (Å²) in [6.07, 6.45) is 0.986. The van der Waals surface area contributed by atoms with E-state index in [1.807, 2.05) is 7.05 Å². The Kier molecular flexibility index (Phi) is 3.71. The standard InChI is InChI=1S/C12H16BrNO2/c1-8-7-10-12(16-6-5-15-10)11(13)9(8)3-4-14-2/h7,14H,3-6H2,1-2H3. The van der Waals surface area contributed by atoms with Crippen LogP contribution in [0.4, 0.5) is 0 Å². The monoisotopic (exact) mass is 285 g/mol. The predicted molar refractivity (Wildman–Crippen MR) is 67.5 cm³/mol. The second kappa shape index (κ2) is 5.06. The lowest BCUT2D eigenvalue weighted by atomic mass is 10.0. The first-order valence-electron chi connectivity index (χ1n) is 5.46. The Hall–Kier alpha value is -0.740.